The summed E-state index contributed by atoms with van der Waals surface area (Å²) in [4.78, 5) is 31.6. The summed E-state index contributed by atoms with van der Waals surface area (Å²) in [6.07, 6.45) is 6.72. The SMILES string of the molecule is Cc1cccnc1NC(=O)C1CCCN(C(=O)C2CC(C3CC3)NN2)C1. The maximum absolute atomic E-state index is 12.8. The lowest BCUT2D eigenvalue weighted by atomic mass is 9.96. The van der Waals surface area contributed by atoms with Crippen LogP contribution >= 0.6 is 0 Å². The van der Waals surface area contributed by atoms with E-state index in [2.05, 4.69) is 21.2 Å². The molecule has 0 bridgehead atoms. The van der Waals surface area contributed by atoms with Crippen LogP contribution in [0.15, 0.2) is 18.3 Å². The maximum Gasteiger partial charge on any atom is 0.241 e. The molecule has 1 aliphatic carbocycles. The Hall–Kier alpha value is -1.99. The van der Waals surface area contributed by atoms with Gasteiger partial charge in [0.15, 0.2) is 0 Å². The molecule has 3 fully saturated rings. The van der Waals surface area contributed by atoms with E-state index in [4.69, 9.17) is 0 Å². The fourth-order valence-electron chi connectivity index (χ4n) is 4.00. The van der Waals surface area contributed by atoms with E-state index in [-0.39, 0.29) is 23.8 Å². The van der Waals surface area contributed by atoms with Crippen molar-refractivity contribution in [2.45, 2.75) is 51.1 Å². The molecule has 4 rings (SSSR count). The molecule has 3 N–H and O–H groups in total. The molecule has 3 atom stereocenters. The molecule has 3 aliphatic rings. The first-order chi connectivity index (χ1) is 12.6. The van der Waals surface area contributed by atoms with Crippen molar-refractivity contribution >= 4 is 17.6 Å². The van der Waals surface area contributed by atoms with Crippen LogP contribution in [0.2, 0.25) is 0 Å². The highest BCUT2D eigenvalue weighted by atomic mass is 16.2. The highest BCUT2D eigenvalue weighted by Gasteiger charge is 2.41. The first-order valence-electron chi connectivity index (χ1n) is 9.64. The zero-order valence-corrected chi connectivity index (χ0v) is 15.2. The summed E-state index contributed by atoms with van der Waals surface area (Å²) < 4.78 is 0. The highest BCUT2D eigenvalue weighted by Crippen LogP contribution is 2.36. The van der Waals surface area contributed by atoms with Gasteiger partial charge in [-0.1, -0.05) is 6.07 Å². The van der Waals surface area contributed by atoms with Gasteiger partial charge in [0.2, 0.25) is 11.8 Å². The number of hydrogen-bond acceptors (Lipinski definition) is 5. The quantitative estimate of drug-likeness (QED) is 0.754. The third-order valence-electron chi connectivity index (χ3n) is 5.78. The molecule has 0 aromatic carbocycles. The normalized spacial score (nSPS) is 28.8. The number of rotatable bonds is 4. The van der Waals surface area contributed by atoms with Crippen LogP contribution in [-0.2, 0) is 9.59 Å². The largest absolute Gasteiger partial charge is 0.341 e. The number of nitrogens with zero attached hydrogens (tertiary/aromatic N) is 2. The Bertz CT molecular complexity index is 690. The number of pyridine rings is 1. The molecule has 1 aromatic rings. The van der Waals surface area contributed by atoms with E-state index in [0.29, 0.717) is 18.4 Å². The zero-order chi connectivity index (χ0) is 18.1. The second-order valence-corrected chi connectivity index (χ2v) is 7.80. The van der Waals surface area contributed by atoms with E-state index >= 15 is 0 Å². The number of likely N-dealkylation sites (tertiary alicyclic amines) is 1. The summed E-state index contributed by atoms with van der Waals surface area (Å²) in [5.41, 5.74) is 7.38. The number of piperidine rings is 1. The number of aryl methyl sites for hydroxylation is 1. The Kier molecular flexibility index (Phi) is 4.91. The van der Waals surface area contributed by atoms with Gasteiger partial charge in [0.1, 0.15) is 11.9 Å². The Balaban J connectivity index is 1.34. The van der Waals surface area contributed by atoms with Crippen LogP contribution in [0.4, 0.5) is 5.82 Å². The van der Waals surface area contributed by atoms with E-state index in [0.717, 1.165) is 37.3 Å². The summed E-state index contributed by atoms with van der Waals surface area (Å²) in [7, 11) is 0. The van der Waals surface area contributed by atoms with Crippen molar-refractivity contribution in [2.75, 3.05) is 18.4 Å². The van der Waals surface area contributed by atoms with Gasteiger partial charge in [-0.05, 0) is 56.6 Å². The maximum atomic E-state index is 12.8. The number of carbonyl (C=O) groups is 2. The summed E-state index contributed by atoms with van der Waals surface area (Å²) in [6.45, 7) is 3.15. The number of hydrazine groups is 1. The average molecular weight is 357 g/mol. The Labute approximate surface area is 153 Å². The lowest BCUT2D eigenvalue weighted by Crippen LogP contribution is -2.50. The topological polar surface area (TPSA) is 86.4 Å². The molecule has 0 radical (unpaired) electrons. The summed E-state index contributed by atoms with van der Waals surface area (Å²) in [5, 5.41) is 2.92. The molecule has 2 amide bonds. The standard InChI is InChI=1S/C19H27N5O2/c1-12-4-2-8-20-17(12)21-18(25)14-5-3-9-24(11-14)19(26)16-10-15(22-23-16)13-6-7-13/h2,4,8,13-16,22-23H,3,5-7,9-11H2,1H3,(H,20,21,25). The number of aromatic nitrogens is 1. The van der Waals surface area contributed by atoms with Crippen molar-refractivity contribution in [2.24, 2.45) is 11.8 Å². The minimum absolute atomic E-state index is 0.0438. The van der Waals surface area contributed by atoms with Gasteiger partial charge >= 0.3 is 0 Å². The molecule has 1 aromatic heterocycles. The van der Waals surface area contributed by atoms with Crippen LogP contribution in [0.5, 0.6) is 0 Å². The van der Waals surface area contributed by atoms with Gasteiger partial charge in [0, 0.05) is 25.3 Å². The van der Waals surface area contributed by atoms with Crippen LogP contribution < -0.4 is 16.2 Å². The molecule has 2 aliphatic heterocycles. The fraction of sp³-hybridized carbons (Fsp3) is 0.632. The van der Waals surface area contributed by atoms with Crippen molar-refractivity contribution in [1.29, 1.82) is 0 Å². The van der Waals surface area contributed by atoms with Crippen LogP contribution in [0, 0.1) is 18.8 Å². The number of carbonyl (C=O) groups excluding carboxylic acids is 2. The molecule has 7 heteroatoms. The molecular weight excluding hydrogens is 330 g/mol. The van der Waals surface area contributed by atoms with Gasteiger partial charge in [-0.15, -0.1) is 0 Å². The van der Waals surface area contributed by atoms with E-state index in [1.807, 2.05) is 24.0 Å². The predicted molar refractivity (Wildman–Crippen MR) is 98.1 cm³/mol. The Morgan fingerprint density at radius 1 is 1.27 bits per heavy atom. The van der Waals surface area contributed by atoms with Crippen molar-refractivity contribution < 1.29 is 9.59 Å². The summed E-state index contributed by atoms with van der Waals surface area (Å²) in [6, 6.07) is 4.03. The van der Waals surface area contributed by atoms with Crippen LogP contribution in [0.25, 0.3) is 0 Å². The molecule has 3 unspecified atom stereocenters. The van der Waals surface area contributed by atoms with Crippen molar-refractivity contribution in [3.8, 4) is 0 Å². The fourth-order valence-corrected chi connectivity index (χ4v) is 4.00. The lowest BCUT2D eigenvalue weighted by Gasteiger charge is -2.33. The Morgan fingerprint density at radius 2 is 2.12 bits per heavy atom. The third kappa shape index (κ3) is 3.73. The van der Waals surface area contributed by atoms with E-state index in [1.54, 1.807) is 6.20 Å². The van der Waals surface area contributed by atoms with Crippen molar-refractivity contribution in [3.05, 3.63) is 23.9 Å². The monoisotopic (exact) mass is 357 g/mol. The average Bonchev–Trinajstić information content (AvgIpc) is 3.40. The van der Waals surface area contributed by atoms with E-state index in [9.17, 15) is 9.59 Å². The molecule has 2 saturated heterocycles. The molecule has 3 heterocycles. The van der Waals surface area contributed by atoms with Crippen LogP contribution in [-0.4, -0.2) is 46.9 Å². The highest BCUT2D eigenvalue weighted by molar-refractivity contribution is 5.93. The van der Waals surface area contributed by atoms with Crippen LogP contribution in [0.3, 0.4) is 0 Å². The molecular formula is C19H27N5O2. The minimum Gasteiger partial charge on any atom is -0.341 e. The van der Waals surface area contributed by atoms with Gasteiger partial charge in [-0.25, -0.2) is 10.4 Å². The number of hydrogen-bond donors (Lipinski definition) is 3. The number of anilines is 1. The smallest absolute Gasteiger partial charge is 0.241 e. The van der Waals surface area contributed by atoms with Gasteiger partial charge in [-0.2, -0.15) is 0 Å². The molecule has 26 heavy (non-hydrogen) atoms. The van der Waals surface area contributed by atoms with Crippen LogP contribution in [0.1, 0.15) is 37.7 Å². The van der Waals surface area contributed by atoms with E-state index < -0.39 is 0 Å². The van der Waals surface area contributed by atoms with E-state index in [1.165, 1.54) is 12.8 Å². The molecule has 0 spiro atoms. The minimum atomic E-state index is -0.178. The Morgan fingerprint density at radius 3 is 2.88 bits per heavy atom. The van der Waals surface area contributed by atoms with Gasteiger partial charge < -0.3 is 10.2 Å². The third-order valence-corrected chi connectivity index (χ3v) is 5.78. The molecule has 140 valence electrons. The van der Waals surface area contributed by atoms with Gasteiger partial charge in [-0.3, -0.25) is 15.0 Å². The second-order valence-electron chi connectivity index (χ2n) is 7.80. The number of amides is 2. The summed E-state index contributed by atoms with van der Waals surface area (Å²) in [5.74, 6) is 1.23. The first kappa shape index (κ1) is 17.4. The van der Waals surface area contributed by atoms with Gasteiger partial charge in [0.25, 0.3) is 0 Å². The first-order valence-corrected chi connectivity index (χ1v) is 9.64. The van der Waals surface area contributed by atoms with Gasteiger partial charge in [0.05, 0.1) is 5.92 Å². The zero-order valence-electron chi connectivity index (χ0n) is 15.2. The lowest BCUT2D eigenvalue weighted by molar-refractivity contribution is -0.136. The molecule has 7 nitrogen and oxygen atoms in total. The van der Waals surface area contributed by atoms with Crippen molar-refractivity contribution in [3.63, 3.8) is 0 Å². The summed E-state index contributed by atoms with van der Waals surface area (Å²) >= 11 is 0. The second kappa shape index (κ2) is 7.32. The predicted octanol–water partition coefficient (Wildman–Crippen LogP) is 1.21. The number of nitrogens with one attached hydrogen (secondary N) is 3. The molecule has 1 saturated carbocycles. The van der Waals surface area contributed by atoms with Crippen molar-refractivity contribution in [1.82, 2.24) is 20.7 Å².